The van der Waals surface area contributed by atoms with Crippen LogP contribution in [0, 0.1) is 20.3 Å². The van der Waals surface area contributed by atoms with Gasteiger partial charge in [0.2, 0.25) is 0 Å². The van der Waals surface area contributed by atoms with Crippen LogP contribution in [0.25, 0.3) is 0 Å². The van der Waals surface area contributed by atoms with Crippen molar-refractivity contribution in [1.82, 2.24) is 0 Å². The molecule has 0 heterocycles. The molecule has 0 N–H and O–H groups in total. The number of hydrogen-bond donors (Lipinski definition) is 0. The van der Waals surface area contributed by atoms with E-state index in [4.69, 9.17) is 0 Å². The van der Waals surface area contributed by atoms with Gasteiger partial charge >= 0.3 is 0 Å². The third-order valence-corrected chi connectivity index (χ3v) is 4.59. The zero-order valence-corrected chi connectivity index (χ0v) is 12.7. The van der Waals surface area contributed by atoms with Gasteiger partial charge in [-0.1, -0.05) is 36.4 Å². The molecule has 1 aliphatic carbocycles. The largest absolute Gasteiger partial charge is 0.198 e. The topological polar surface area (TPSA) is 23.8 Å². The average molecular weight is 359 g/mol. The van der Waals surface area contributed by atoms with Gasteiger partial charge in [0.1, 0.15) is 0 Å². The highest BCUT2D eigenvalue weighted by Gasteiger charge is 2.37. The summed E-state index contributed by atoms with van der Waals surface area (Å²) in [5, 5.41) is 9.65. The smallest absolute Gasteiger partial charge is 0.0700 e. The number of nitrogens with zero attached hydrogens (tertiary/aromatic N) is 1. The van der Waals surface area contributed by atoms with Crippen LogP contribution < -0.4 is 0 Å². The molecule has 2 aromatic carbocycles. The van der Waals surface area contributed by atoms with E-state index < -0.39 is 0 Å². The van der Waals surface area contributed by atoms with Crippen LogP contribution in [0.4, 0.5) is 0 Å². The van der Waals surface area contributed by atoms with Gasteiger partial charge in [0.25, 0.3) is 0 Å². The fourth-order valence-corrected chi connectivity index (χ4v) is 3.29. The van der Waals surface area contributed by atoms with Crippen molar-refractivity contribution in [2.75, 3.05) is 0 Å². The predicted molar refractivity (Wildman–Crippen MR) is 84.8 cm³/mol. The molecule has 0 saturated carbocycles. The zero-order valence-electron chi connectivity index (χ0n) is 10.6. The van der Waals surface area contributed by atoms with Gasteiger partial charge in [-0.15, -0.1) is 0 Å². The Hall–Kier alpha value is -1.34. The molecular weight excluding hydrogens is 345 g/mol. The summed E-state index contributed by atoms with van der Waals surface area (Å²) >= 11 is 2.31. The Balaban J connectivity index is 1.87. The lowest BCUT2D eigenvalue weighted by atomic mass is 9.80. The van der Waals surface area contributed by atoms with Crippen LogP contribution in [0.2, 0.25) is 0 Å². The van der Waals surface area contributed by atoms with Crippen LogP contribution in [0.15, 0.2) is 48.5 Å². The fourth-order valence-electron chi connectivity index (χ4n) is 2.93. The summed E-state index contributed by atoms with van der Waals surface area (Å²) < 4.78 is 1.24. The Morgan fingerprint density at radius 2 is 1.58 bits per heavy atom. The van der Waals surface area contributed by atoms with Crippen LogP contribution >= 0.6 is 22.6 Å². The van der Waals surface area contributed by atoms with Crippen molar-refractivity contribution in [2.24, 2.45) is 5.41 Å². The van der Waals surface area contributed by atoms with Gasteiger partial charge in [0, 0.05) is 3.57 Å². The lowest BCUT2D eigenvalue weighted by Crippen LogP contribution is -2.22. The third-order valence-electron chi connectivity index (χ3n) is 3.87. The molecule has 0 saturated heterocycles. The number of halogens is 1. The first-order valence-corrected chi connectivity index (χ1v) is 7.51. The predicted octanol–water partition coefficient (Wildman–Crippen LogP) is 4.14. The minimum atomic E-state index is -0.253. The van der Waals surface area contributed by atoms with E-state index in [1.807, 2.05) is 0 Å². The second kappa shape index (κ2) is 4.97. The molecule has 0 radical (unpaired) electrons. The molecule has 2 aromatic rings. The third kappa shape index (κ3) is 2.52. The van der Waals surface area contributed by atoms with Crippen molar-refractivity contribution < 1.29 is 0 Å². The highest BCUT2D eigenvalue weighted by atomic mass is 127. The van der Waals surface area contributed by atoms with Crippen molar-refractivity contribution >= 4 is 22.6 Å². The molecule has 1 aliphatic rings. The lowest BCUT2D eigenvalue weighted by molar-refractivity contribution is 0.418. The van der Waals surface area contributed by atoms with Crippen molar-refractivity contribution in [3.8, 4) is 6.07 Å². The summed E-state index contributed by atoms with van der Waals surface area (Å²) in [5.41, 5.74) is 3.69. The highest BCUT2D eigenvalue weighted by Crippen LogP contribution is 2.39. The van der Waals surface area contributed by atoms with E-state index >= 15 is 0 Å². The number of fused-ring (bicyclic) bond motifs is 1. The maximum atomic E-state index is 9.65. The van der Waals surface area contributed by atoms with Gasteiger partial charge in [0.05, 0.1) is 11.5 Å². The summed E-state index contributed by atoms with van der Waals surface area (Å²) in [4.78, 5) is 0. The monoisotopic (exact) mass is 359 g/mol. The van der Waals surface area contributed by atoms with E-state index in [1.54, 1.807) is 0 Å². The molecule has 3 rings (SSSR count). The van der Waals surface area contributed by atoms with E-state index in [2.05, 4.69) is 77.2 Å². The molecule has 0 bridgehead atoms. The van der Waals surface area contributed by atoms with E-state index in [0.717, 1.165) is 19.3 Å². The van der Waals surface area contributed by atoms with Gasteiger partial charge in [-0.25, -0.2) is 0 Å². The minimum Gasteiger partial charge on any atom is -0.198 e. The van der Waals surface area contributed by atoms with Crippen molar-refractivity contribution in [1.29, 1.82) is 5.26 Å². The molecular formula is C17H14IN. The first-order valence-electron chi connectivity index (χ1n) is 6.43. The number of benzene rings is 2. The van der Waals surface area contributed by atoms with Crippen molar-refractivity contribution in [3.63, 3.8) is 0 Å². The van der Waals surface area contributed by atoms with Gasteiger partial charge in [-0.3, -0.25) is 0 Å². The Labute approximate surface area is 127 Å². The molecule has 0 amide bonds. The molecule has 0 unspecified atom stereocenters. The fraction of sp³-hybridized carbons (Fsp3) is 0.235. The standard InChI is InChI=1S/C17H14IN/c18-16-7-5-13(6-8-16)9-17(12-19)10-14-3-1-2-4-15(14)11-17/h1-8H,9-11H2. The van der Waals surface area contributed by atoms with Gasteiger partial charge in [0.15, 0.2) is 0 Å². The summed E-state index contributed by atoms with van der Waals surface area (Å²) in [6.45, 7) is 0. The summed E-state index contributed by atoms with van der Waals surface area (Å²) in [5.74, 6) is 0. The molecule has 0 aliphatic heterocycles. The molecule has 2 heteroatoms. The molecule has 0 aromatic heterocycles. The first-order chi connectivity index (χ1) is 9.21. The molecule has 19 heavy (non-hydrogen) atoms. The summed E-state index contributed by atoms with van der Waals surface area (Å²) in [6, 6.07) is 19.5. The van der Waals surface area contributed by atoms with E-state index in [1.165, 1.54) is 20.3 Å². The quantitative estimate of drug-likeness (QED) is 0.740. The maximum absolute atomic E-state index is 9.65. The van der Waals surface area contributed by atoms with Crippen molar-refractivity contribution in [3.05, 3.63) is 68.8 Å². The average Bonchev–Trinajstić information content (AvgIpc) is 2.80. The van der Waals surface area contributed by atoms with Crippen LogP contribution in [-0.4, -0.2) is 0 Å². The summed E-state index contributed by atoms with van der Waals surface area (Å²) in [7, 11) is 0. The molecule has 1 nitrogen and oxygen atoms in total. The second-order valence-electron chi connectivity index (χ2n) is 5.32. The Morgan fingerprint density at radius 1 is 1.00 bits per heavy atom. The summed E-state index contributed by atoms with van der Waals surface area (Å²) in [6.07, 6.45) is 2.60. The minimum absolute atomic E-state index is 0.253. The zero-order chi connectivity index (χ0) is 13.3. The number of hydrogen-bond acceptors (Lipinski definition) is 1. The molecule has 0 spiro atoms. The first kappa shape index (κ1) is 12.7. The molecule has 94 valence electrons. The van der Waals surface area contributed by atoms with Gasteiger partial charge in [-0.2, -0.15) is 5.26 Å². The van der Waals surface area contributed by atoms with Crippen LogP contribution in [0.1, 0.15) is 16.7 Å². The van der Waals surface area contributed by atoms with Crippen LogP contribution in [-0.2, 0) is 19.3 Å². The number of rotatable bonds is 2. The van der Waals surface area contributed by atoms with Gasteiger partial charge in [-0.05, 0) is 70.7 Å². The molecule has 0 fully saturated rings. The maximum Gasteiger partial charge on any atom is 0.0700 e. The lowest BCUT2D eigenvalue weighted by Gasteiger charge is -2.20. The van der Waals surface area contributed by atoms with E-state index in [9.17, 15) is 5.26 Å². The number of nitriles is 1. The highest BCUT2D eigenvalue weighted by molar-refractivity contribution is 14.1. The Bertz CT molecular complexity index is 612. The van der Waals surface area contributed by atoms with Crippen molar-refractivity contribution in [2.45, 2.75) is 19.3 Å². The Morgan fingerprint density at radius 3 is 2.11 bits per heavy atom. The van der Waals surface area contributed by atoms with Gasteiger partial charge < -0.3 is 0 Å². The SMILES string of the molecule is N#CC1(Cc2ccc(I)cc2)Cc2ccccc2C1. The van der Waals surface area contributed by atoms with E-state index in [-0.39, 0.29) is 5.41 Å². The van der Waals surface area contributed by atoms with Crippen LogP contribution in [0.5, 0.6) is 0 Å². The van der Waals surface area contributed by atoms with Crippen LogP contribution in [0.3, 0.4) is 0 Å². The normalized spacial score (nSPS) is 15.8. The molecule has 0 atom stereocenters. The Kier molecular flexibility index (Phi) is 3.32. The second-order valence-corrected chi connectivity index (χ2v) is 6.56. The van der Waals surface area contributed by atoms with E-state index in [0.29, 0.717) is 0 Å².